The third-order valence-electron chi connectivity index (χ3n) is 2.34. The number of oxime groups is 1. The number of aliphatic imine (C=N–C) groups is 1. The SMILES string of the molecule is CN=C(C=CCC(C)C)C(C)=NOCCCCO. The van der Waals surface area contributed by atoms with Crippen LogP contribution in [0.2, 0.25) is 0 Å². The molecule has 0 aromatic rings. The number of allylic oxidation sites excluding steroid dienone is 2. The molecule has 0 fully saturated rings. The Morgan fingerprint density at radius 3 is 2.61 bits per heavy atom. The summed E-state index contributed by atoms with van der Waals surface area (Å²) in [6.45, 7) is 6.97. The second-order valence-corrected chi connectivity index (χ2v) is 4.58. The molecule has 1 N–H and O–H groups in total. The quantitative estimate of drug-likeness (QED) is 0.391. The maximum absolute atomic E-state index is 8.62. The van der Waals surface area contributed by atoms with Gasteiger partial charge in [-0.05, 0) is 38.2 Å². The summed E-state index contributed by atoms with van der Waals surface area (Å²) in [5, 5.41) is 12.6. The van der Waals surface area contributed by atoms with Crippen LogP contribution in [0.25, 0.3) is 0 Å². The van der Waals surface area contributed by atoms with Crippen LogP contribution in [0.15, 0.2) is 22.3 Å². The lowest BCUT2D eigenvalue weighted by Gasteiger charge is -2.02. The van der Waals surface area contributed by atoms with Crippen LogP contribution in [0, 0.1) is 5.92 Å². The Morgan fingerprint density at radius 1 is 1.33 bits per heavy atom. The van der Waals surface area contributed by atoms with Crippen LogP contribution in [-0.2, 0) is 4.84 Å². The molecule has 0 saturated carbocycles. The summed E-state index contributed by atoms with van der Waals surface area (Å²) in [5.74, 6) is 0.645. The predicted molar refractivity (Wildman–Crippen MR) is 77.3 cm³/mol. The van der Waals surface area contributed by atoms with Crippen molar-refractivity contribution in [1.82, 2.24) is 0 Å². The zero-order valence-corrected chi connectivity index (χ0v) is 12.0. The van der Waals surface area contributed by atoms with Crippen LogP contribution in [0.1, 0.15) is 40.0 Å². The summed E-state index contributed by atoms with van der Waals surface area (Å²) in [7, 11) is 1.75. The van der Waals surface area contributed by atoms with Crippen molar-refractivity contribution in [3.05, 3.63) is 12.2 Å². The Balaban J connectivity index is 4.13. The van der Waals surface area contributed by atoms with Gasteiger partial charge in [0, 0.05) is 13.7 Å². The summed E-state index contributed by atoms with van der Waals surface area (Å²) in [5.41, 5.74) is 1.62. The van der Waals surface area contributed by atoms with Crippen LogP contribution in [0.5, 0.6) is 0 Å². The highest BCUT2D eigenvalue weighted by molar-refractivity contribution is 6.45. The van der Waals surface area contributed by atoms with E-state index in [2.05, 4.69) is 30.1 Å². The second kappa shape index (κ2) is 11.0. The third-order valence-corrected chi connectivity index (χ3v) is 2.34. The van der Waals surface area contributed by atoms with E-state index in [1.165, 1.54) is 0 Å². The lowest BCUT2D eigenvalue weighted by molar-refractivity contribution is 0.134. The number of rotatable bonds is 9. The number of aliphatic hydroxyl groups excluding tert-OH is 1. The molecule has 104 valence electrons. The minimum Gasteiger partial charge on any atom is -0.396 e. The van der Waals surface area contributed by atoms with Crippen molar-refractivity contribution in [1.29, 1.82) is 0 Å². The van der Waals surface area contributed by atoms with E-state index in [1.807, 2.05) is 13.0 Å². The van der Waals surface area contributed by atoms with E-state index < -0.39 is 0 Å². The standard InChI is InChI=1S/C14H26N2O2/c1-12(2)8-7-9-14(15-4)13(3)16-18-11-6-5-10-17/h7,9,12,17H,5-6,8,10-11H2,1-4H3. The minimum atomic E-state index is 0.200. The molecular formula is C14H26N2O2. The van der Waals surface area contributed by atoms with E-state index in [1.54, 1.807) is 7.05 Å². The highest BCUT2D eigenvalue weighted by atomic mass is 16.6. The van der Waals surface area contributed by atoms with Gasteiger partial charge in [-0.15, -0.1) is 0 Å². The summed E-state index contributed by atoms with van der Waals surface area (Å²) in [6.07, 6.45) is 6.68. The van der Waals surface area contributed by atoms with Gasteiger partial charge in [0.15, 0.2) is 0 Å². The molecule has 0 unspecified atom stereocenters. The topological polar surface area (TPSA) is 54.2 Å². The molecule has 0 aliphatic heterocycles. The highest BCUT2D eigenvalue weighted by Gasteiger charge is 1.99. The van der Waals surface area contributed by atoms with Crippen LogP contribution >= 0.6 is 0 Å². The van der Waals surface area contributed by atoms with Gasteiger partial charge in [0.05, 0.1) is 5.71 Å². The van der Waals surface area contributed by atoms with Gasteiger partial charge >= 0.3 is 0 Å². The molecule has 4 heteroatoms. The minimum absolute atomic E-state index is 0.200. The van der Waals surface area contributed by atoms with Gasteiger partial charge in [-0.3, -0.25) is 4.99 Å². The molecule has 0 rings (SSSR count). The van der Waals surface area contributed by atoms with Crippen molar-refractivity contribution in [2.75, 3.05) is 20.3 Å². The number of nitrogens with zero attached hydrogens (tertiary/aromatic N) is 2. The van der Waals surface area contributed by atoms with E-state index in [4.69, 9.17) is 9.94 Å². The van der Waals surface area contributed by atoms with E-state index in [9.17, 15) is 0 Å². The second-order valence-electron chi connectivity index (χ2n) is 4.58. The summed E-state index contributed by atoms with van der Waals surface area (Å²) >= 11 is 0. The average Bonchev–Trinajstić information content (AvgIpc) is 2.33. The van der Waals surface area contributed by atoms with Crippen LogP contribution in [0.4, 0.5) is 0 Å². The number of unbranched alkanes of at least 4 members (excludes halogenated alkanes) is 1. The molecule has 0 radical (unpaired) electrons. The molecule has 0 saturated heterocycles. The average molecular weight is 254 g/mol. The summed E-state index contributed by atoms with van der Waals surface area (Å²) in [4.78, 5) is 9.35. The van der Waals surface area contributed by atoms with Gasteiger partial charge in [-0.25, -0.2) is 0 Å². The van der Waals surface area contributed by atoms with Crippen molar-refractivity contribution in [2.24, 2.45) is 16.1 Å². The summed E-state index contributed by atoms with van der Waals surface area (Å²) < 4.78 is 0. The number of aliphatic hydroxyl groups is 1. The maximum atomic E-state index is 8.62. The molecule has 0 atom stereocenters. The van der Waals surface area contributed by atoms with Gasteiger partial charge in [0.25, 0.3) is 0 Å². The Labute approximate surface area is 110 Å². The van der Waals surface area contributed by atoms with Crippen molar-refractivity contribution in [3.8, 4) is 0 Å². The van der Waals surface area contributed by atoms with E-state index in [-0.39, 0.29) is 6.61 Å². The smallest absolute Gasteiger partial charge is 0.117 e. The predicted octanol–water partition coefficient (Wildman–Crippen LogP) is 2.82. The highest BCUT2D eigenvalue weighted by Crippen LogP contribution is 2.01. The molecule has 0 bridgehead atoms. The molecule has 4 nitrogen and oxygen atoms in total. The third kappa shape index (κ3) is 8.93. The molecule has 18 heavy (non-hydrogen) atoms. The first-order valence-electron chi connectivity index (χ1n) is 6.53. The van der Waals surface area contributed by atoms with Crippen molar-refractivity contribution in [2.45, 2.75) is 40.0 Å². The Morgan fingerprint density at radius 2 is 2.06 bits per heavy atom. The largest absolute Gasteiger partial charge is 0.396 e. The molecule has 0 heterocycles. The van der Waals surface area contributed by atoms with E-state index in [0.717, 1.165) is 30.7 Å². The number of hydrogen-bond donors (Lipinski definition) is 1. The Bertz CT molecular complexity index is 294. The first kappa shape index (κ1) is 16.8. The zero-order valence-electron chi connectivity index (χ0n) is 12.0. The normalized spacial score (nSPS) is 13.7. The van der Waals surface area contributed by atoms with Crippen LogP contribution in [0.3, 0.4) is 0 Å². The maximum Gasteiger partial charge on any atom is 0.117 e. The van der Waals surface area contributed by atoms with Gasteiger partial charge < -0.3 is 9.94 Å². The van der Waals surface area contributed by atoms with Gasteiger partial charge in [-0.1, -0.05) is 25.1 Å². The monoisotopic (exact) mass is 254 g/mol. The lowest BCUT2D eigenvalue weighted by Crippen LogP contribution is -2.08. The van der Waals surface area contributed by atoms with E-state index in [0.29, 0.717) is 12.5 Å². The van der Waals surface area contributed by atoms with E-state index >= 15 is 0 Å². The molecule has 0 aliphatic carbocycles. The first-order valence-corrected chi connectivity index (χ1v) is 6.53. The fourth-order valence-corrected chi connectivity index (χ4v) is 1.28. The van der Waals surface area contributed by atoms with Gasteiger partial charge in [0.2, 0.25) is 0 Å². The van der Waals surface area contributed by atoms with Crippen LogP contribution in [-0.4, -0.2) is 36.8 Å². The molecule has 0 spiro atoms. The number of hydrogen-bond acceptors (Lipinski definition) is 4. The Hall–Kier alpha value is -1.16. The van der Waals surface area contributed by atoms with Crippen LogP contribution < -0.4 is 0 Å². The fourth-order valence-electron chi connectivity index (χ4n) is 1.28. The first-order chi connectivity index (χ1) is 8.61. The molecule has 0 aliphatic rings. The molecule has 0 aromatic heterocycles. The van der Waals surface area contributed by atoms with Crippen molar-refractivity contribution < 1.29 is 9.94 Å². The van der Waals surface area contributed by atoms with Crippen molar-refractivity contribution >= 4 is 11.4 Å². The zero-order chi connectivity index (χ0) is 13.8. The molecule has 0 amide bonds. The Kier molecular flexibility index (Phi) is 10.3. The molecular weight excluding hydrogens is 228 g/mol. The molecule has 0 aromatic carbocycles. The van der Waals surface area contributed by atoms with Gasteiger partial charge in [0.1, 0.15) is 12.3 Å². The van der Waals surface area contributed by atoms with Crippen molar-refractivity contribution in [3.63, 3.8) is 0 Å². The van der Waals surface area contributed by atoms with Gasteiger partial charge in [-0.2, -0.15) is 0 Å². The summed E-state index contributed by atoms with van der Waals surface area (Å²) in [6, 6.07) is 0. The lowest BCUT2D eigenvalue weighted by atomic mass is 10.1. The fraction of sp³-hybridized carbons (Fsp3) is 0.714.